The first-order valence-corrected chi connectivity index (χ1v) is 11.1. The minimum Gasteiger partial charge on any atom is -0.454 e. The second-order valence-electron chi connectivity index (χ2n) is 7.65. The largest absolute Gasteiger partial charge is 0.454 e. The van der Waals surface area contributed by atoms with Crippen LogP contribution in [0.15, 0.2) is 42.5 Å². The minimum atomic E-state index is -0.531. The second kappa shape index (κ2) is 10.3. The number of hydrogen-bond acceptors (Lipinski definition) is 7. The van der Waals surface area contributed by atoms with Gasteiger partial charge in [0.15, 0.2) is 16.6 Å². The predicted octanol–water partition coefficient (Wildman–Crippen LogP) is 1.97. The lowest BCUT2D eigenvalue weighted by Crippen LogP contribution is -2.49. The first-order chi connectivity index (χ1) is 16.4. The number of thiocarbonyl (C=S) groups is 1. The predicted molar refractivity (Wildman–Crippen MR) is 125 cm³/mol. The number of carbonyl (C=O) groups excluding carboxylic acids is 2. The zero-order chi connectivity index (χ0) is 24.1. The van der Waals surface area contributed by atoms with E-state index in [4.69, 9.17) is 21.7 Å². The molecule has 1 fully saturated rings. The fourth-order valence-electron chi connectivity index (χ4n) is 3.65. The van der Waals surface area contributed by atoms with Gasteiger partial charge < -0.3 is 20.1 Å². The Morgan fingerprint density at radius 1 is 1.03 bits per heavy atom. The van der Waals surface area contributed by atoms with Crippen molar-refractivity contribution in [1.82, 2.24) is 20.7 Å². The molecule has 0 spiro atoms. The number of hydrogen-bond donors (Lipinski definition) is 2. The van der Waals surface area contributed by atoms with E-state index >= 15 is 0 Å². The van der Waals surface area contributed by atoms with Crippen LogP contribution >= 0.6 is 12.2 Å². The number of hydrazine groups is 1. The van der Waals surface area contributed by atoms with E-state index in [2.05, 4.69) is 10.6 Å². The quantitative estimate of drug-likeness (QED) is 0.344. The third kappa shape index (κ3) is 5.34. The zero-order valence-corrected chi connectivity index (χ0v) is 19.0. The van der Waals surface area contributed by atoms with Crippen LogP contribution in [0.4, 0.5) is 5.69 Å². The highest BCUT2D eigenvalue weighted by Gasteiger charge is 2.28. The standard InChI is InChI=1S/C22H23N5O6S/c28-20(8-9-23-21(29)16-3-5-17(6-4-16)27(30)31)25-10-1-11-26(25)22(34)24-13-15-2-7-18-19(12-15)33-14-32-18/h2-7,12H,1,8-11,13-14H2,(H,23,29)(H,24,34). The number of nitro groups is 1. The van der Waals surface area contributed by atoms with Gasteiger partial charge in [0.1, 0.15) is 0 Å². The Balaban J connectivity index is 1.24. The lowest BCUT2D eigenvalue weighted by atomic mass is 10.2. The Hall–Kier alpha value is -3.93. The minimum absolute atomic E-state index is 0.0936. The molecule has 2 aliphatic heterocycles. The van der Waals surface area contributed by atoms with Gasteiger partial charge in [0.05, 0.1) is 4.92 Å². The zero-order valence-electron chi connectivity index (χ0n) is 18.2. The molecule has 2 aliphatic rings. The van der Waals surface area contributed by atoms with Crippen molar-refractivity contribution in [1.29, 1.82) is 0 Å². The summed E-state index contributed by atoms with van der Waals surface area (Å²) in [4.78, 5) is 35.2. The maximum Gasteiger partial charge on any atom is 0.269 e. The number of carbonyl (C=O) groups is 2. The number of amides is 2. The molecule has 0 aliphatic carbocycles. The van der Waals surface area contributed by atoms with Crippen LogP contribution in [0.1, 0.15) is 28.8 Å². The fraction of sp³-hybridized carbons (Fsp3) is 0.318. The smallest absolute Gasteiger partial charge is 0.269 e. The van der Waals surface area contributed by atoms with Gasteiger partial charge in [-0.1, -0.05) is 6.07 Å². The Labute approximate surface area is 200 Å². The van der Waals surface area contributed by atoms with Crippen molar-refractivity contribution in [3.8, 4) is 11.5 Å². The SMILES string of the molecule is O=C(NCCC(=O)N1CCCN1C(=S)NCc1ccc2c(c1)OCO2)c1ccc([N+](=O)[O-])cc1. The Kier molecular flexibility index (Phi) is 7.07. The summed E-state index contributed by atoms with van der Waals surface area (Å²) in [5.74, 6) is 0.845. The highest BCUT2D eigenvalue weighted by Crippen LogP contribution is 2.32. The fourth-order valence-corrected chi connectivity index (χ4v) is 3.91. The van der Waals surface area contributed by atoms with Crippen LogP contribution in [0, 0.1) is 10.1 Å². The monoisotopic (exact) mass is 485 g/mol. The molecule has 2 N–H and O–H groups in total. The highest BCUT2D eigenvalue weighted by atomic mass is 32.1. The topological polar surface area (TPSA) is 126 Å². The van der Waals surface area contributed by atoms with Crippen molar-refractivity contribution < 1.29 is 24.0 Å². The molecule has 11 nitrogen and oxygen atoms in total. The number of ether oxygens (including phenoxy) is 2. The van der Waals surface area contributed by atoms with Gasteiger partial charge in [0.2, 0.25) is 12.7 Å². The molecule has 0 atom stereocenters. The molecule has 0 aromatic heterocycles. The molecule has 2 aromatic carbocycles. The molecular weight excluding hydrogens is 462 g/mol. The van der Waals surface area contributed by atoms with E-state index in [9.17, 15) is 19.7 Å². The van der Waals surface area contributed by atoms with E-state index in [1.807, 2.05) is 18.2 Å². The number of nitrogens with zero attached hydrogens (tertiary/aromatic N) is 3. The summed E-state index contributed by atoms with van der Waals surface area (Å²) in [7, 11) is 0. The van der Waals surface area contributed by atoms with Gasteiger partial charge in [0.25, 0.3) is 11.6 Å². The molecule has 178 valence electrons. The molecule has 1 saturated heterocycles. The van der Waals surface area contributed by atoms with Crippen LogP contribution in [-0.4, -0.2) is 58.3 Å². The highest BCUT2D eigenvalue weighted by molar-refractivity contribution is 7.80. The molecule has 34 heavy (non-hydrogen) atoms. The van der Waals surface area contributed by atoms with E-state index in [-0.39, 0.29) is 36.9 Å². The summed E-state index contributed by atoms with van der Waals surface area (Å²) < 4.78 is 10.7. The normalized spacial score (nSPS) is 14.1. The first kappa shape index (κ1) is 23.2. The molecule has 0 radical (unpaired) electrons. The van der Waals surface area contributed by atoms with Gasteiger partial charge >= 0.3 is 0 Å². The molecular formula is C22H23N5O6S. The maximum absolute atomic E-state index is 12.7. The number of rotatable bonds is 7. The van der Waals surface area contributed by atoms with Gasteiger partial charge in [0, 0.05) is 50.3 Å². The first-order valence-electron chi connectivity index (χ1n) is 10.7. The Morgan fingerprint density at radius 2 is 1.76 bits per heavy atom. The van der Waals surface area contributed by atoms with Crippen LogP contribution in [0.2, 0.25) is 0 Å². The van der Waals surface area contributed by atoms with Crippen molar-refractivity contribution in [2.24, 2.45) is 0 Å². The molecule has 0 saturated carbocycles. The summed E-state index contributed by atoms with van der Waals surface area (Å²) in [6.07, 6.45) is 0.882. The number of benzene rings is 2. The van der Waals surface area contributed by atoms with E-state index in [0.29, 0.717) is 36.2 Å². The summed E-state index contributed by atoms with van der Waals surface area (Å²) >= 11 is 5.50. The Bertz CT molecular complexity index is 1110. The van der Waals surface area contributed by atoms with E-state index in [1.54, 1.807) is 10.0 Å². The third-order valence-corrected chi connectivity index (χ3v) is 5.75. The average molecular weight is 486 g/mol. The van der Waals surface area contributed by atoms with Gasteiger partial charge in [-0.05, 0) is 48.5 Å². The van der Waals surface area contributed by atoms with Gasteiger partial charge in [-0.3, -0.25) is 29.7 Å². The van der Waals surface area contributed by atoms with Crippen LogP contribution in [0.5, 0.6) is 11.5 Å². The Morgan fingerprint density at radius 3 is 2.53 bits per heavy atom. The van der Waals surface area contributed by atoms with Crippen molar-refractivity contribution in [2.75, 3.05) is 26.4 Å². The van der Waals surface area contributed by atoms with Crippen molar-refractivity contribution in [3.05, 3.63) is 63.7 Å². The molecule has 12 heteroatoms. The molecule has 0 bridgehead atoms. The lowest BCUT2D eigenvalue weighted by molar-refractivity contribution is -0.384. The molecule has 0 unspecified atom stereocenters. The third-order valence-electron chi connectivity index (χ3n) is 5.40. The molecule has 2 heterocycles. The second-order valence-corrected chi connectivity index (χ2v) is 8.04. The van der Waals surface area contributed by atoms with Crippen LogP contribution < -0.4 is 20.1 Å². The van der Waals surface area contributed by atoms with E-state index < -0.39 is 10.8 Å². The molecule has 4 rings (SSSR count). The van der Waals surface area contributed by atoms with Crippen LogP contribution in [-0.2, 0) is 11.3 Å². The van der Waals surface area contributed by atoms with Crippen molar-refractivity contribution in [2.45, 2.75) is 19.4 Å². The number of non-ortho nitro benzene ring substituents is 1. The van der Waals surface area contributed by atoms with Crippen LogP contribution in [0.25, 0.3) is 0 Å². The summed E-state index contributed by atoms with van der Waals surface area (Å²) in [6, 6.07) is 10.9. The van der Waals surface area contributed by atoms with Crippen molar-refractivity contribution >= 4 is 34.8 Å². The van der Waals surface area contributed by atoms with Gasteiger partial charge in [-0.15, -0.1) is 0 Å². The summed E-state index contributed by atoms with van der Waals surface area (Å²) in [6.45, 7) is 1.98. The van der Waals surface area contributed by atoms with E-state index in [0.717, 1.165) is 12.0 Å². The average Bonchev–Trinajstić information content (AvgIpc) is 3.52. The summed E-state index contributed by atoms with van der Waals surface area (Å²) in [5.41, 5.74) is 1.16. The summed E-state index contributed by atoms with van der Waals surface area (Å²) in [5, 5.41) is 20.3. The van der Waals surface area contributed by atoms with Crippen molar-refractivity contribution in [3.63, 3.8) is 0 Å². The maximum atomic E-state index is 12.7. The van der Waals surface area contributed by atoms with Gasteiger partial charge in [-0.25, -0.2) is 0 Å². The van der Waals surface area contributed by atoms with Crippen LogP contribution in [0.3, 0.4) is 0 Å². The molecule has 2 amide bonds. The molecule has 2 aromatic rings. The number of nitro benzene ring substituents is 1. The van der Waals surface area contributed by atoms with E-state index in [1.165, 1.54) is 24.3 Å². The lowest BCUT2D eigenvalue weighted by Gasteiger charge is -2.30. The number of fused-ring (bicyclic) bond motifs is 1. The number of nitrogens with one attached hydrogen (secondary N) is 2. The van der Waals surface area contributed by atoms with Gasteiger partial charge in [-0.2, -0.15) is 0 Å².